The molecule has 3 rings (SSSR count). The van der Waals surface area contributed by atoms with Gasteiger partial charge in [0.15, 0.2) is 0 Å². The smallest absolute Gasteiger partial charge is 0.253 e. The van der Waals surface area contributed by atoms with Gasteiger partial charge in [-0.25, -0.2) is 0 Å². The van der Waals surface area contributed by atoms with Gasteiger partial charge in [0.1, 0.15) is 0 Å². The number of rotatable bonds is 6. The first-order valence-electron chi connectivity index (χ1n) is 9.23. The van der Waals surface area contributed by atoms with E-state index in [1.165, 1.54) is 6.08 Å². The summed E-state index contributed by atoms with van der Waals surface area (Å²) in [4.78, 5) is 25.1. The second kappa shape index (κ2) is 9.71. The molecule has 29 heavy (non-hydrogen) atoms. The van der Waals surface area contributed by atoms with Crippen molar-refractivity contribution in [3.05, 3.63) is 107 Å². The second-order valence-corrected chi connectivity index (χ2v) is 6.90. The summed E-state index contributed by atoms with van der Waals surface area (Å²) in [6.07, 6.45) is 3.03. The molecular weight excluding hydrogens is 384 g/mol. The van der Waals surface area contributed by atoms with E-state index >= 15 is 0 Å². The maximum Gasteiger partial charge on any atom is 0.253 e. The van der Waals surface area contributed by atoms with Crippen LogP contribution in [0, 0.1) is 0 Å². The molecule has 3 aromatic carbocycles. The third-order valence-corrected chi connectivity index (χ3v) is 4.74. The van der Waals surface area contributed by atoms with Crippen LogP contribution in [-0.2, 0) is 4.79 Å². The number of nitrogens with one attached hydrogen (secondary N) is 2. The molecular formula is C24H21ClN2O2. The van der Waals surface area contributed by atoms with Crippen LogP contribution in [-0.4, -0.2) is 11.8 Å². The van der Waals surface area contributed by atoms with Crippen LogP contribution in [0.25, 0.3) is 6.08 Å². The third kappa shape index (κ3) is 5.56. The topological polar surface area (TPSA) is 58.2 Å². The molecule has 0 radical (unpaired) electrons. The van der Waals surface area contributed by atoms with E-state index < -0.39 is 0 Å². The van der Waals surface area contributed by atoms with Gasteiger partial charge < -0.3 is 10.6 Å². The number of amides is 2. The molecule has 0 aliphatic heterocycles. The quantitative estimate of drug-likeness (QED) is 0.534. The van der Waals surface area contributed by atoms with Crippen LogP contribution in [0.3, 0.4) is 0 Å². The summed E-state index contributed by atoms with van der Waals surface area (Å²) < 4.78 is 0. The Labute approximate surface area is 175 Å². The largest absolute Gasteiger partial charge is 0.345 e. The van der Waals surface area contributed by atoms with Crippen molar-refractivity contribution in [2.24, 2.45) is 0 Å². The van der Waals surface area contributed by atoms with Gasteiger partial charge in [-0.2, -0.15) is 0 Å². The van der Waals surface area contributed by atoms with E-state index in [2.05, 4.69) is 10.6 Å². The molecule has 0 saturated heterocycles. The van der Waals surface area contributed by atoms with E-state index in [-0.39, 0.29) is 17.9 Å². The van der Waals surface area contributed by atoms with E-state index in [1.807, 2.05) is 55.5 Å². The summed E-state index contributed by atoms with van der Waals surface area (Å²) in [5.41, 5.74) is 2.59. The van der Waals surface area contributed by atoms with Crippen molar-refractivity contribution in [3.63, 3.8) is 0 Å². The normalized spacial score (nSPS) is 11.8. The molecule has 0 aromatic heterocycles. The number of hydrogen-bond donors (Lipinski definition) is 2. The van der Waals surface area contributed by atoms with Crippen molar-refractivity contribution in [2.75, 3.05) is 5.32 Å². The molecule has 2 N–H and O–H groups in total. The zero-order valence-corrected chi connectivity index (χ0v) is 16.7. The Bertz CT molecular complexity index is 1030. The average molecular weight is 405 g/mol. The minimum absolute atomic E-state index is 0.160. The fourth-order valence-corrected chi connectivity index (χ4v) is 3.04. The van der Waals surface area contributed by atoms with Gasteiger partial charge in [-0.3, -0.25) is 9.59 Å². The lowest BCUT2D eigenvalue weighted by Crippen LogP contribution is -2.27. The Morgan fingerprint density at radius 1 is 0.897 bits per heavy atom. The number of hydrogen-bond acceptors (Lipinski definition) is 2. The first-order chi connectivity index (χ1) is 14.0. The fraction of sp³-hybridized carbons (Fsp3) is 0.0833. The molecule has 0 fully saturated rings. The summed E-state index contributed by atoms with van der Waals surface area (Å²) in [5, 5.41) is 6.29. The maximum absolute atomic E-state index is 12.8. The second-order valence-electron chi connectivity index (χ2n) is 6.50. The summed E-state index contributed by atoms with van der Waals surface area (Å²) in [6, 6.07) is 23.7. The van der Waals surface area contributed by atoms with Crippen molar-refractivity contribution in [1.82, 2.24) is 5.32 Å². The minimum atomic E-state index is -0.346. The third-order valence-electron chi connectivity index (χ3n) is 4.40. The fourth-order valence-electron chi connectivity index (χ4n) is 2.84. The molecule has 5 heteroatoms. The van der Waals surface area contributed by atoms with Crippen LogP contribution in [0.4, 0.5) is 5.69 Å². The highest BCUT2D eigenvalue weighted by molar-refractivity contribution is 6.32. The summed E-state index contributed by atoms with van der Waals surface area (Å²) in [6.45, 7) is 1.92. The van der Waals surface area contributed by atoms with Gasteiger partial charge in [0.05, 0.1) is 17.3 Å². The average Bonchev–Trinajstić information content (AvgIpc) is 2.74. The van der Waals surface area contributed by atoms with Gasteiger partial charge in [0, 0.05) is 11.1 Å². The molecule has 0 aliphatic rings. The van der Waals surface area contributed by atoms with Gasteiger partial charge in [-0.15, -0.1) is 0 Å². The van der Waals surface area contributed by atoms with Crippen molar-refractivity contribution in [2.45, 2.75) is 13.0 Å². The first-order valence-corrected chi connectivity index (χ1v) is 9.61. The molecule has 146 valence electrons. The first kappa shape index (κ1) is 20.4. The van der Waals surface area contributed by atoms with Crippen LogP contribution in [0.1, 0.15) is 34.5 Å². The van der Waals surface area contributed by atoms with Crippen LogP contribution in [0.15, 0.2) is 84.9 Å². The highest BCUT2D eigenvalue weighted by atomic mass is 35.5. The highest BCUT2D eigenvalue weighted by Gasteiger charge is 2.15. The zero-order chi connectivity index (χ0) is 20.6. The predicted octanol–water partition coefficient (Wildman–Crippen LogP) is 5.48. The van der Waals surface area contributed by atoms with Crippen molar-refractivity contribution < 1.29 is 9.59 Å². The SMILES string of the molecule is CC(NC(=O)c1ccccc1NC(=O)C=Cc1ccccc1Cl)c1ccccc1. The van der Waals surface area contributed by atoms with Gasteiger partial charge in [0.2, 0.25) is 5.91 Å². The summed E-state index contributed by atoms with van der Waals surface area (Å²) in [5.74, 6) is -0.603. The molecule has 0 saturated carbocycles. The molecule has 0 spiro atoms. The molecule has 0 bridgehead atoms. The van der Waals surface area contributed by atoms with Crippen LogP contribution in [0.2, 0.25) is 5.02 Å². The molecule has 1 unspecified atom stereocenters. The molecule has 0 aliphatic carbocycles. The standard InChI is InChI=1S/C24H21ClN2O2/c1-17(18-9-3-2-4-10-18)26-24(29)20-12-6-8-14-22(20)27-23(28)16-15-19-11-5-7-13-21(19)25/h2-17H,1H3,(H,26,29)(H,27,28). The van der Waals surface area contributed by atoms with E-state index in [0.717, 1.165) is 11.1 Å². The van der Waals surface area contributed by atoms with Crippen LogP contribution in [0.5, 0.6) is 0 Å². The molecule has 3 aromatic rings. The number of anilines is 1. The predicted molar refractivity (Wildman–Crippen MR) is 118 cm³/mol. The minimum Gasteiger partial charge on any atom is -0.345 e. The van der Waals surface area contributed by atoms with Crippen molar-refractivity contribution in [3.8, 4) is 0 Å². The Morgan fingerprint density at radius 3 is 2.31 bits per heavy atom. The highest BCUT2D eigenvalue weighted by Crippen LogP contribution is 2.19. The lowest BCUT2D eigenvalue weighted by molar-refractivity contribution is -0.111. The molecule has 1 atom stereocenters. The number of para-hydroxylation sites is 1. The Balaban J connectivity index is 1.70. The Hall–Kier alpha value is -3.37. The van der Waals surface area contributed by atoms with Gasteiger partial charge in [-0.05, 0) is 42.3 Å². The monoisotopic (exact) mass is 404 g/mol. The zero-order valence-electron chi connectivity index (χ0n) is 15.9. The number of carbonyl (C=O) groups excluding carboxylic acids is 2. The van der Waals surface area contributed by atoms with E-state index in [0.29, 0.717) is 16.3 Å². The Kier molecular flexibility index (Phi) is 6.82. The van der Waals surface area contributed by atoms with Crippen molar-refractivity contribution >= 4 is 35.2 Å². The summed E-state index contributed by atoms with van der Waals surface area (Å²) in [7, 11) is 0. The number of benzene rings is 3. The number of halogens is 1. The summed E-state index contributed by atoms with van der Waals surface area (Å²) >= 11 is 6.10. The van der Waals surface area contributed by atoms with Crippen molar-refractivity contribution in [1.29, 1.82) is 0 Å². The maximum atomic E-state index is 12.8. The number of carbonyl (C=O) groups is 2. The molecule has 4 nitrogen and oxygen atoms in total. The lowest BCUT2D eigenvalue weighted by Gasteiger charge is -2.16. The van der Waals surface area contributed by atoms with Crippen LogP contribution >= 0.6 is 11.6 Å². The molecule has 2 amide bonds. The van der Waals surface area contributed by atoms with Crippen LogP contribution < -0.4 is 10.6 Å². The molecule has 0 heterocycles. The van der Waals surface area contributed by atoms with Gasteiger partial charge >= 0.3 is 0 Å². The lowest BCUT2D eigenvalue weighted by atomic mass is 10.1. The van der Waals surface area contributed by atoms with E-state index in [4.69, 9.17) is 11.6 Å². The Morgan fingerprint density at radius 2 is 1.55 bits per heavy atom. The van der Waals surface area contributed by atoms with Gasteiger partial charge in [0.25, 0.3) is 5.91 Å². The van der Waals surface area contributed by atoms with Gasteiger partial charge in [-0.1, -0.05) is 72.3 Å². The van der Waals surface area contributed by atoms with E-state index in [9.17, 15) is 9.59 Å². The van der Waals surface area contributed by atoms with E-state index in [1.54, 1.807) is 36.4 Å².